The zero-order valence-electron chi connectivity index (χ0n) is 17.3. The summed E-state index contributed by atoms with van der Waals surface area (Å²) in [6.45, 7) is 8.54. The number of fused-ring (bicyclic) bond motifs is 1. The summed E-state index contributed by atoms with van der Waals surface area (Å²) in [7, 11) is 0. The molecule has 1 saturated heterocycles. The van der Waals surface area contributed by atoms with Crippen molar-refractivity contribution >= 4 is 28.6 Å². The van der Waals surface area contributed by atoms with Crippen LogP contribution >= 0.6 is 11.8 Å². The Balaban J connectivity index is 1.60. The highest BCUT2D eigenvalue weighted by molar-refractivity contribution is 8.00. The molecule has 1 amide bonds. The molecule has 2 heterocycles. The first-order chi connectivity index (χ1) is 14.1. The van der Waals surface area contributed by atoms with Gasteiger partial charge < -0.3 is 9.80 Å². The lowest BCUT2D eigenvalue weighted by Gasteiger charge is -2.35. The van der Waals surface area contributed by atoms with E-state index in [2.05, 4.69) is 11.8 Å². The average Bonchev–Trinajstić information content (AvgIpc) is 3.27. The van der Waals surface area contributed by atoms with Crippen molar-refractivity contribution in [2.75, 3.05) is 32.7 Å². The number of para-hydroxylation sites is 1. The Morgan fingerprint density at radius 3 is 2.55 bits per heavy atom. The van der Waals surface area contributed by atoms with Crippen LogP contribution in [0.3, 0.4) is 0 Å². The number of hydrogen-bond donors (Lipinski definition) is 0. The van der Waals surface area contributed by atoms with Gasteiger partial charge in [-0.2, -0.15) is 0 Å². The lowest BCUT2D eigenvalue weighted by molar-refractivity contribution is -0.132. The van der Waals surface area contributed by atoms with E-state index in [0.29, 0.717) is 16.1 Å². The van der Waals surface area contributed by atoms with Gasteiger partial charge in [-0.1, -0.05) is 43.7 Å². The Labute approximate surface area is 176 Å². The van der Waals surface area contributed by atoms with Crippen molar-refractivity contribution in [1.82, 2.24) is 19.4 Å². The van der Waals surface area contributed by atoms with E-state index in [4.69, 9.17) is 4.98 Å². The molecular formula is C22H30N4O2S. The molecule has 0 bridgehead atoms. The Morgan fingerprint density at radius 1 is 1.17 bits per heavy atom. The van der Waals surface area contributed by atoms with Crippen molar-refractivity contribution in [3.8, 4) is 0 Å². The first-order valence-corrected chi connectivity index (χ1v) is 11.7. The van der Waals surface area contributed by atoms with E-state index in [1.165, 1.54) is 11.8 Å². The van der Waals surface area contributed by atoms with E-state index in [1.807, 2.05) is 40.7 Å². The largest absolute Gasteiger partial charge is 0.339 e. The van der Waals surface area contributed by atoms with Crippen LogP contribution in [0.15, 0.2) is 34.2 Å². The molecule has 0 unspecified atom stereocenters. The lowest BCUT2D eigenvalue weighted by atomic mass is 10.2. The third-order valence-corrected chi connectivity index (χ3v) is 7.28. The molecule has 1 aliphatic carbocycles. The minimum absolute atomic E-state index is 0.0289. The first kappa shape index (κ1) is 20.4. The second kappa shape index (κ2) is 8.88. The Morgan fingerprint density at radius 2 is 1.86 bits per heavy atom. The summed E-state index contributed by atoms with van der Waals surface area (Å²) in [5, 5.41) is 1.09. The van der Waals surface area contributed by atoms with Crippen LogP contribution in [0.2, 0.25) is 0 Å². The molecule has 1 atom stereocenters. The molecule has 1 saturated carbocycles. The molecular weight excluding hydrogens is 384 g/mol. The molecule has 0 N–H and O–H groups in total. The molecule has 7 heteroatoms. The maximum Gasteiger partial charge on any atom is 0.262 e. The van der Waals surface area contributed by atoms with Gasteiger partial charge in [-0.25, -0.2) is 4.98 Å². The normalized spacial score (nSPS) is 19.7. The van der Waals surface area contributed by atoms with Crippen molar-refractivity contribution in [3.63, 3.8) is 0 Å². The first-order valence-electron chi connectivity index (χ1n) is 10.8. The number of benzene rings is 1. The van der Waals surface area contributed by atoms with E-state index < -0.39 is 0 Å². The number of thioether (sulfide) groups is 1. The van der Waals surface area contributed by atoms with Gasteiger partial charge in [0.1, 0.15) is 0 Å². The molecule has 2 fully saturated rings. The molecule has 0 radical (unpaired) electrons. The van der Waals surface area contributed by atoms with Gasteiger partial charge in [0.2, 0.25) is 5.91 Å². The lowest BCUT2D eigenvalue weighted by Crippen LogP contribution is -2.50. The number of likely N-dealkylation sites (N-methyl/N-ethyl adjacent to an activating group) is 1. The smallest absolute Gasteiger partial charge is 0.262 e. The molecule has 6 nitrogen and oxygen atoms in total. The van der Waals surface area contributed by atoms with Crippen molar-refractivity contribution in [2.24, 2.45) is 0 Å². The molecule has 2 aliphatic rings. The van der Waals surface area contributed by atoms with Gasteiger partial charge in [0.15, 0.2) is 5.16 Å². The fourth-order valence-corrected chi connectivity index (χ4v) is 5.51. The maximum atomic E-state index is 13.3. The number of carbonyl (C=O) groups is 1. The van der Waals surface area contributed by atoms with Crippen LogP contribution in [-0.2, 0) is 4.79 Å². The SMILES string of the molecule is CCN1CCN(C(=O)[C@H](C)Sc2nc3ccccc3c(=O)n2C2CCCC2)CC1. The van der Waals surface area contributed by atoms with Gasteiger partial charge in [-0.15, -0.1) is 0 Å². The molecule has 1 aliphatic heterocycles. The highest BCUT2D eigenvalue weighted by Gasteiger charge is 2.28. The summed E-state index contributed by atoms with van der Waals surface area (Å²) >= 11 is 1.44. The third-order valence-electron chi connectivity index (χ3n) is 6.23. The Hall–Kier alpha value is -1.86. The Kier molecular flexibility index (Phi) is 6.25. The van der Waals surface area contributed by atoms with Crippen molar-refractivity contribution in [1.29, 1.82) is 0 Å². The second-order valence-corrected chi connectivity index (χ2v) is 9.35. The molecule has 0 spiro atoms. The van der Waals surface area contributed by atoms with Gasteiger partial charge >= 0.3 is 0 Å². The predicted molar refractivity (Wildman–Crippen MR) is 118 cm³/mol. The van der Waals surface area contributed by atoms with E-state index >= 15 is 0 Å². The Bertz CT molecular complexity index is 930. The molecule has 2 aromatic rings. The topological polar surface area (TPSA) is 58.4 Å². The van der Waals surface area contributed by atoms with E-state index in [-0.39, 0.29) is 22.8 Å². The van der Waals surface area contributed by atoms with Gasteiger partial charge in [-0.05, 0) is 38.4 Å². The molecule has 1 aromatic heterocycles. The number of nitrogens with zero attached hydrogens (tertiary/aromatic N) is 4. The number of amides is 1. The summed E-state index contributed by atoms with van der Waals surface area (Å²) in [4.78, 5) is 35.5. The van der Waals surface area contributed by atoms with Gasteiger partial charge in [-0.3, -0.25) is 14.2 Å². The summed E-state index contributed by atoms with van der Waals surface area (Å²) in [6.07, 6.45) is 4.30. The number of rotatable bonds is 5. The fourth-order valence-electron chi connectivity index (χ4n) is 4.44. The van der Waals surface area contributed by atoms with Gasteiger partial charge in [0.05, 0.1) is 16.2 Å². The van der Waals surface area contributed by atoms with Gasteiger partial charge in [0, 0.05) is 32.2 Å². The number of piperazine rings is 1. The van der Waals surface area contributed by atoms with Crippen LogP contribution in [-0.4, -0.2) is 63.2 Å². The van der Waals surface area contributed by atoms with Crippen LogP contribution in [0.5, 0.6) is 0 Å². The van der Waals surface area contributed by atoms with Crippen LogP contribution in [0, 0.1) is 0 Å². The minimum Gasteiger partial charge on any atom is -0.339 e. The van der Waals surface area contributed by atoms with E-state index in [9.17, 15) is 9.59 Å². The van der Waals surface area contributed by atoms with Crippen molar-refractivity contribution < 1.29 is 4.79 Å². The number of hydrogen-bond acceptors (Lipinski definition) is 5. The number of carbonyl (C=O) groups excluding carboxylic acids is 1. The summed E-state index contributed by atoms with van der Waals surface area (Å²) in [6, 6.07) is 7.73. The van der Waals surface area contributed by atoms with Crippen LogP contribution < -0.4 is 5.56 Å². The average molecular weight is 415 g/mol. The second-order valence-electron chi connectivity index (χ2n) is 8.04. The zero-order chi connectivity index (χ0) is 20.4. The van der Waals surface area contributed by atoms with Crippen LogP contribution in [0.1, 0.15) is 45.6 Å². The molecule has 156 valence electrons. The minimum atomic E-state index is -0.260. The van der Waals surface area contributed by atoms with Gasteiger partial charge in [0.25, 0.3) is 5.56 Å². The van der Waals surface area contributed by atoms with Crippen molar-refractivity contribution in [3.05, 3.63) is 34.6 Å². The fraction of sp³-hybridized carbons (Fsp3) is 0.591. The maximum absolute atomic E-state index is 13.3. The van der Waals surface area contributed by atoms with E-state index in [0.717, 1.165) is 58.4 Å². The van der Waals surface area contributed by atoms with E-state index in [1.54, 1.807) is 0 Å². The highest BCUT2D eigenvalue weighted by Crippen LogP contribution is 2.33. The predicted octanol–water partition coefficient (Wildman–Crippen LogP) is 3.16. The van der Waals surface area contributed by atoms with Crippen molar-refractivity contribution in [2.45, 2.75) is 56.0 Å². The zero-order valence-corrected chi connectivity index (χ0v) is 18.2. The number of aromatic nitrogens is 2. The van der Waals surface area contributed by atoms with Crippen LogP contribution in [0.25, 0.3) is 10.9 Å². The summed E-state index contributed by atoms with van der Waals surface area (Å²) in [5.41, 5.74) is 0.742. The third kappa shape index (κ3) is 4.21. The quantitative estimate of drug-likeness (QED) is 0.556. The summed E-state index contributed by atoms with van der Waals surface area (Å²) in [5.74, 6) is 0.145. The monoisotopic (exact) mass is 414 g/mol. The van der Waals surface area contributed by atoms with Crippen LogP contribution in [0.4, 0.5) is 0 Å². The highest BCUT2D eigenvalue weighted by atomic mass is 32.2. The molecule has 29 heavy (non-hydrogen) atoms. The summed E-state index contributed by atoms with van der Waals surface area (Å²) < 4.78 is 1.87. The standard InChI is InChI=1S/C22H30N4O2S/c1-3-24-12-14-25(15-13-24)20(27)16(2)29-22-23-19-11-7-6-10-18(19)21(28)26(22)17-8-4-5-9-17/h6-7,10-11,16-17H,3-5,8-9,12-15H2,1-2H3/t16-/m0/s1. The molecule has 1 aromatic carbocycles. The molecule has 4 rings (SSSR count).